The van der Waals surface area contributed by atoms with Crippen molar-refractivity contribution in [3.63, 3.8) is 0 Å². The summed E-state index contributed by atoms with van der Waals surface area (Å²) >= 11 is 1.12. The summed E-state index contributed by atoms with van der Waals surface area (Å²) in [4.78, 5) is 16.1. The molecule has 0 radical (unpaired) electrons. The molecule has 2 heterocycles. The van der Waals surface area contributed by atoms with Crippen molar-refractivity contribution in [2.24, 2.45) is 10.2 Å². The SMILES string of the molecule is CCC(=O)Nc1cc(N=Nc2snc3ncccc23)c2c(NS(C)(=O)=O)cccc2c1O. The Bertz CT molecular complexity index is 1480. The largest absolute Gasteiger partial charge is 0.505 e. The van der Waals surface area contributed by atoms with Crippen LogP contribution in [0.3, 0.4) is 0 Å². The molecule has 0 bridgehead atoms. The highest BCUT2D eigenvalue weighted by Gasteiger charge is 2.18. The minimum atomic E-state index is -3.61. The number of phenols is 1. The molecule has 32 heavy (non-hydrogen) atoms. The summed E-state index contributed by atoms with van der Waals surface area (Å²) < 4.78 is 30.4. The van der Waals surface area contributed by atoms with Gasteiger partial charge in [-0.05, 0) is 35.8 Å². The van der Waals surface area contributed by atoms with Gasteiger partial charge in [0.25, 0.3) is 0 Å². The van der Waals surface area contributed by atoms with Gasteiger partial charge in [-0.2, -0.15) is 4.37 Å². The summed E-state index contributed by atoms with van der Waals surface area (Å²) in [5.74, 6) is -0.502. The molecule has 0 spiro atoms. The van der Waals surface area contributed by atoms with Crippen LogP contribution in [0.15, 0.2) is 52.8 Å². The van der Waals surface area contributed by atoms with Crippen LogP contribution in [0.4, 0.5) is 22.1 Å². The second-order valence-corrected chi connectivity index (χ2v) is 9.36. The van der Waals surface area contributed by atoms with Crippen molar-refractivity contribution in [1.29, 1.82) is 0 Å². The summed E-state index contributed by atoms with van der Waals surface area (Å²) in [6, 6.07) is 9.77. The molecule has 1 amide bonds. The third-order valence-corrected chi connectivity index (χ3v) is 5.82. The average Bonchev–Trinajstić information content (AvgIpc) is 3.17. The number of benzene rings is 2. The first-order valence-electron chi connectivity index (χ1n) is 9.45. The van der Waals surface area contributed by atoms with E-state index in [9.17, 15) is 18.3 Å². The summed E-state index contributed by atoms with van der Waals surface area (Å²) in [7, 11) is -3.61. The molecule has 2 aromatic carbocycles. The smallest absolute Gasteiger partial charge is 0.229 e. The van der Waals surface area contributed by atoms with Crippen molar-refractivity contribution < 1.29 is 18.3 Å². The van der Waals surface area contributed by atoms with Crippen LogP contribution >= 0.6 is 11.5 Å². The lowest BCUT2D eigenvalue weighted by Gasteiger charge is -2.14. The molecule has 3 N–H and O–H groups in total. The van der Waals surface area contributed by atoms with Gasteiger partial charge in [0.2, 0.25) is 15.9 Å². The molecule has 0 saturated heterocycles. The minimum absolute atomic E-state index is 0.144. The lowest BCUT2D eigenvalue weighted by atomic mass is 10.0. The van der Waals surface area contributed by atoms with Gasteiger partial charge < -0.3 is 10.4 Å². The quantitative estimate of drug-likeness (QED) is 0.275. The Kier molecular flexibility index (Phi) is 5.72. The number of rotatable bonds is 6. The molecule has 0 aliphatic carbocycles. The van der Waals surface area contributed by atoms with Gasteiger partial charge in [0.05, 0.1) is 28.7 Å². The number of pyridine rings is 1. The summed E-state index contributed by atoms with van der Waals surface area (Å²) in [6.07, 6.45) is 2.87. The molecule has 2 aromatic heterocycles. The summed E-state index contributed by atoms with van der Waals surface area (Å²) in [5.41, 5.74) is 1.16. The molecular formula is C20H18N6O4S2. The molecule has 0 saturated carbocycles. The van der Waals surface area contributed by atoms with E-state index in [2.05, 4.69) is 29.6 Å². The third-order valence-electron chi connectivity index (χ3n) is 4.49. The maximum absolute atomic E-state index is 11.9. The number of fused-ring (bicyclic) bond motifs is 2. The van der Waals surface area contributed by atoms with Crippen LogP contribution in [-0.2, 0) is 14.8 Å². The Labute approximate surface area is 187 Å². The number of azo groups is 1. The maximum Gasteiger partial charge on any atom is 0.229 e. The number of anilines is 2. The second-order valence-electron chi connectivity index (χ2n) is 6.86. The molecule has 0 aliphatic heterocycles. The standard InChI is InChI=1S/C20H18N6O4S2/c1-3-16(27)22-15-10-14(23-24-20-12-7-5-9-21-19(12)25-31-20)17-11(18(15)28)6-4-8-13(17)26-32(2,29)30/h4-10,26,28H,3H2,1-2H3,(H,22,27). The highest BCUT2D eigenvalue weighted by molar-refractivity contribution is 7.92. The number of carbonyl (C=O) groups excluding carboxylic acids is 1. The number of aromatic nitrogens is 2. The normalized spacial score (nSPS) is 11.9. The van der Waals surface area contributed by atoms with Crippen molar-refractivity contribution in [2.75, 3.05) is 16.3 Å². The fourth-order valence-electron chi connectivity index (χ4n) is 3.09. The minimum Gasteiger partial charge on any atom is -0.505 e. The molecule has 0 atom stereocenters. The van der Waals surface area contributed by atoms with Crippen molar-refractivity contribution in [1.82, 2.24) is 9.36 Å². The highest BCUT2D eigenvalue weighted by Crippen LogP contribution is 2.44. The zero-order valence-corrected chi connectivity index (χ0v) is 18.7. The summed E-state index contributed by atoms with van der Waals surface area (Å²) in [6.45, 7) is 1.69. The Balaban J connectivity index is 1.93. The number of hydrogen-bond donors (Lipinski definition) is 3. The van der Waals surface area contributed by atoms with E-state index in [1.807, 2.05) is 6.07 Å². The van der Waals surface area contributed by atoms with E-state index < -0.39 is 10.0 Å². The fourth-order valence-corrected chi connectivity index (χ4v) is 4.31. The van der Waals surface area contributed by atoms with E-state index in [1.165, 1.54) is 6.07 Å². The first-order chi connectivity index (χ1) is 15.3. The zero-order valence-electron chi connectivity index (χ0n) is 17.0. The van der Waals surface area contributed by atoms with E-state index in [0.29, 0.717) is 21.4 Å². The number of nitrogens with one attached hydrogen (secondary N) is 2. The van der Waals surface area contributed by atoms with Gasteiger partial charge >= 0.3 is 0 Å². The van der Waals surface area contributed by atoms with E-state index in [4.69, 9.17) is 0 Å². The summed E-state index contributed by atoms with van der Waals surface area (Å²) in [5, 5.41) is 23.9. The molecular weight excluding hydrogens is 452 g/mol. The first kappa shape index (κ1) is 21.6. The molecule has 10 nitrogen and oxygen atoms in total. The van der Waals surface area contributed by atoms with Gasteiger partial charge in [0, 0.05) is 23.4 Å². The van der Waals surface area contributed by atoms with E-state index >= 15 is 0 Å². The molecule has 0 fully saturated rings. The third kappa shape index (κ3) is 4.36. The molecule has 4 rings (SSSR count). The fraction of sp³-hybridized carbons (Fsp3) is 0.150. The Morgan fingerprint density at radius 1 is 1.16 bits per heavy atom. The maximum atomic E-state index is 11.9. The number of aromatic hydroxyl groups is 1. The van der Waals surface area contributed by atoms with Crippen LogP contribution < -0.4 is 10.0 Å². The number of carbonyl (C=O) groups is 1. The number of amides is 1. The predicted octanol–water partition coefficient (Wildman–Crippen LogP) is 4.69. The van der Waals surface area contributed by atoms with Gasteiger partial charge in [0.15, 0.2) is 10.6 Å². The van der Waals surface area contributed by atoms with Gasteiger partial charge in [-0.25, -0.2) is 13.4 Å². The molecule has 12 heteroatoms. The van der Waals surface area contributed by atoms with Gasteiger partial charge in [-0.1, -0.05) is 19.1 Å². The monoisotopic (exact) mass is 470 g/mol. The molecule has 0 aliphatic rings. The molecule has 4 aromatic rings. The number of nitrogens with zero attached hydrogens (tertiary/aromatic N) is 4. The number of phenolic OH excluding ortho intramolecular Hbond substituents is 1. The first-order valence-corrected chi connectivity index (χ1v) is 12.1. The number of sulfonamides is 1. The van der Waals surface area contributed by atoms with Crippen LogP contribution in [0.25, 0.3) is 21.8 Å². The van der Waals surface area contributed by atoms with Crippen molar-refractivity contribution in [3.8, 4) is 5.75 Å². The molecule has 0 unspecified atom stereocenters. The topological polar surface area (TPSA) is 146 Å². The van der Waals surface area contributed by atoms with Crippen LogP contribution in [0.1, 0.15) is 13.3 Å². The van der Waals surface area contributed by atoms with Crippen LogP contribution in [0.2, 0.25) is 0 Å². The van der Waals surface area contributed by atoms with Crippen molar-refractivity contribution in [3.05, 3.63) is 42.6 Å². The zero-order chi connectivity index (χ0) is 22.9. The van der Waals surface area contributed by atoms with Crippen LogP contribution in [0.5, 0.6) is 5.75 Å². The van der Waals surface area contributed by atoms with Gasteiger partial charge in [-0.3, -0.25) is 9.52 Å². The molecule has 164 valence electrons. The lowest BCUT2D eigenvalue weighted by molar-refractivity contribution is -0.115. The van der Waals surface area contributed by atoms with E-state index in [1.54, 1.807) is 37.4 Å². The number of hydrogen-bond acceptors (Lipinski definition) is 9. The average molecular weight is 471 g/mol. The highest BCUT2D eigenvalue weighted by atomic mass is 32.2. The van der Waals surface area contributed by atoms with Crippen molar-refractivity contribution >= 4 is 71.3 Å². The van der Waals surface area contributed by atoms with E-state index in [-0.39, 0.29) is 35.1 Å². The van der Waals surface area contributed by atoms with E-state index in [0.717, 1.165) is 23.2 Å². The Morgan fingerprint density at radius 3 is 2.69 bits per heavy atom. The van der Waals surface area contributed by atoms with Crippen LogP contribution in [0, 0.1) is 0 Å². The lowest BCUT2D eigenvalue weighted by Crippen LogP contribution is -2.11. The second kappa shape index (κ2) is 8.48. The van der Waals surface area contributed by atoms with Crippen LogP contribution in [-0.4, -0.2) is 35.0 Å². The van der Waals surface area contributed by atoms with Gasteiger partial charge in [0.1, 0.15) is 5.75 Å². The van der Waals surface area contributed by atoms with Gasteiger partial charge in [-0.15, -0.1) is 10.2 Å². The predicted molar refractivity (Wildman–Crippen MR) is 125 cm³/mol. The Hall–Kier alpha value is -3.64. The Morgan fingerprint density at radius 2 is 1.94 bits per heavy atom. The van der Waals surface area contributed by atoms with Crippen molar-refractivity contribution in [2.45, 2.75) is 13.3 Å².